The topological polar surface area (TPSA) is 104 Å². The largest absolute Gasteiger partial charge is 0.505 e. The minimum Gasteiger partial charge on any atom is -0.505 e. The smallest absolute Gasteiger partial charge is 0.277 e. The molecule has 25 heavy (non-hydrogen) atoms. The first-order valence-electron chi connectivity index (χ1n) is 7.41. The zero-order valence-electron chi connectivity index (χ0n) is 13.8. The van der Waals surface area contributed by atoms with Gasteiger partial charge in [-0.25, -0.2) is 5.43 Å². The maximum atomic E-state index is 11.8. The Kier molecular flexibility index (Phi) is 6.32. The lowest BCUT2D eigenvalue weighted by Gasteiger charge is -2.08. The maximum Gasteiger partial charge on any atom is 0.277 e. The number of hydrogen-bond acceptors (Lipinski definition) is 6. The highest BCUT2D eigenvalue weighted by Gasteiger charge is 2.09. The summed E-state index contributed by atoms with van der Waals surface area (Å²) in [5.74, 6) is -0.0527. The molecule has 0 radical (unpaired) electrons. The molecule has 0 saturated heterocycles. The van der Waals surface area contributed by atoms with E-state index in [9.17, 15) is 15.0 Å². The Labute approximate surface area is 149 Å². The molecule has 8 heteroatoms. The molecule has 0 aliphatic heterocycles. The molecular weight excluding hydrogens is 346 g/mol. The van der Waals surface area contributed by atoms with Crippen LogP contribution in [-0.4, -0.2) is 33.9 Å². The Morgan fingerprint density at radius 3 is 2.88 bits per heavy atom. The molecule has 0 aliphatic carbocycles. The fourth-order valence-electron chi connectivity index (χ4n) is 1.98. The first kappa shape index (κ1) is 18.7. The molecule has 3 N–H and O–H groups in total. The van der Waals surface area contributed by atoms with Crippen molar-refractivity contribution in [1.29, 1.82) is 0 Å². The Morgan fingerprint density at radius 1 is 1.44 bits per heavy atom. The normalized spacial score (nSPS) is 10.9. The maximum absolute atomic E-state index is 11.8. The Morgan fingerprint density at radius 2 is 2.20 bits per heavy atom. The summed E-state index contributed by atoms with van der Waals surface area (Å²) in [5.41, 5.74) is 4.22. The second-order valence-electron chi connectivity index (χ2n) is 5.28. The average Bonchev–Trinajstić information content (AvgIpc) is 2.60. The van der Waals surface area contributed by atoms with Gasteiger partial charge >= 0.3 is 0 Å². The summed E-state index contributed by atoms with van der Waals surface area (Å²) in [4.78, 5) is 15.7. The number of aliphatic hydroxyl groups is 1. The lowest BCUT2D eigenvalue weighted by Crippen LogP contribution is -2.24. The third kappa shape index (κ3) is 4.91. The van der Waals surface area contributed by atoms with Crippen molar-refractivity contribution in [3.8, 4) is 11.5 Å². The summed E-state index contributed by atoms with van der Waals surface area (Å²) in [7, 11) is 0. The molecule has 0 atom stereocenters. The lowest BCUT2D eigenvalue weighted by atomic mass is 10.1. The van der Waals surface area contributed by atoms with Crippen molar-refractivity contribution < 1.29 is 19.7 Å². The highest BCUT2D eigenvalue weighted by Crippen LogP contribution is 2.22. The van der Waals surface area contributed by atoms with Crippen LogP contribution in [-0.2, 0) is 11.4 Å². The fourth-order valence-corrected chi connectivity index (χ4v) is 2.10. The van der Waals surface area contributed by atoms with Crippen molar-refractivity contribution in [2.75, 3.05) is 6.61 Å². The van der Waals surface area contributed by atoms with Crippen LogP contribution >= 0.6 is 11.6 Å². The summed E-state index contributed by atoms with van der Waals surface area (Å²) in [6.45, 7) is 2.91. The molecule has 0 spiro atoms. The Hall–Kier alpha value is -2.64. The average molecular weight is 364 g/mol. The van der Waals surface area contributed by atoms with Gasteiger partial charge in [0.15, 0.2) is 6.61 Å². The van der Waals surface area contributed by atoms with E-state index in [4.69, 9.17) is 16.3 Å². The van der Waals surface area contributed by atoms with Gasteiger partial charge < -0.3 is 14.9 Å². The SMILES string of the molecule is Cc1cc(OCC(=O)N/N=C/c2c(CO)cnc(C)c2O)ccc1Cl. The van der Waals surface area contributed by atoms with E-state index in [0.29, 0.717) is 27.6 Å². The van der Waals surface area contributed by atoms with E-state index in [-0.39, 0.29) is 19.0 Å². The van der Waals surface area contributed by atoms with Crippen LogP contribution in [0.3, 0.4) is 0 Å². The molecule has 0 aliphatic rings. The number of pyridine rings is 1. The van der Waals surface area contributed by atoms with Crippen LogP contribution in [0.2, 0.25) is 5.02 Å². The van der Waals surface area contributed by atoms with Gasteiger partial charge in [0, 0.05) is 22.3 Å². The van der Waals surface area contributed by atoms with Crippen molar-refractivity contribution in [2.45, 2.75) is 20.5 Å². The van der Waals surface area contributed by atoms with Gasteiger partial charge in [-0.1, -0.05) is 11.6 Å². The van der Waals surface area contributed by atoms with Crippen LogP contribution in [0.15, 0.2) is 29.5 Å². The van der Waals surface area contributed by atoms with Gasteiger partial charge in [0.05, 0.1) is 18.5 Å². The number of aromatic nitrogens is 1. The summed E-state index contributed by atoms with van der Waals surface area (Å²) >= 11 is 5.92. The summed E-state index contributed by atoms with van der Waals surface area (Å²) < 4.78 is 5.35. The fraction of sp³-hybridized carbons (Fsp3) is 0.235. The van der Waals surface area contributed by atoms with Crippen molar-refractivity contribution >= 4 is 23.7 Å². The Bertz CT molecular complexity index is 809. The number of aryl methyl sites for hydroxylation is 2. The molecule has 0 bridgehead atoms. The quantitative estimate of drug-likeness (QED) is 0.538. The molecule has 1 heterocycles. The van der Waals surface area contributed by atoms with Gasteiger partial charge in [-0.15, -0.1) is 0 Å². The van der Waals surface area contributed by atoms with Gasteiger partial charge in [0.2, 0.25) is 0 Å². The molecule has 0 saturated carbocycles. The minimum absolute atomic E-state index is 0.0996. The molecule has 1 aromatic heterocycles. The third-order valence-electron chi connectivity index (χ3n) is 3.41. The van der Waals surface area contributed by atoms with Crippen LogP contribution in [0.4, 0.5) is 0 Å². The van der Waals surface area contributed by atoms with Crippen molar-refractivity contribution in [3.05, 3.63) is 51.8 Å². The van der Waals surface area contributed by atoms with Crippen LogP contribution in [0.25, 0.3) is 0 Å². The first-order valence-corrected chi connectivity index (χ1v) is 7.79. The van der Waals surface area contributed by atoms with E-state index >= 15 is 0 Å². The van der Waals surface area contributed by atoms with E-state index in [2.05, 4.69) is 15.5 Å². The van der Waals surface area contributed by atoms with Crippen LogP contribution in [0.1, 0.15) is 22.4 Å². The van der Waals surface area contributed by atoms with E-state index in [1.54, 1.807) is 25.1 Å². The number of hydrogen-bond donors (Lipinski definition) is 3. The molecule has 132 valence electrons. The number of nitrogens with one attached hydrogen (secondary N) is 1. The molecule has 1 amide bonds. The van der Waals surface area contributed by atoms with E-state index < -0.39 is 5.91 Å². The van der Waals surface area contributed by atoms with Gasteiger partial charge in [-0.2, -0.15) is 5.10 Å². The first-order chi connectivity index (χ1) is 11.9. The molecule has 0 unspecified atom stereocenters. The van der Waals surface area contributed by atoms with Gasteiger partial charge in [0.25, 0.3) is 5.91 Å². The van der Waals surface area contributed by atoms with E-state index in [1.165, 1.54) is 12.4 Å². The zero-order chi connectivity index (χ0) is 18.4. The molecule has 2 aromatic rings. The van der Waals surface area contributed by atoms with Crippen molar-refractivity contribution in [2.24, 2.45) is 5.10 Å². The van der Waals surface area contributed by atoms with Gasteiger partial charge in [-0.05, 0) is 37.6 Å². The number of halogens is 1. The number of rotatable bonds is 6. The summed E-state index contributed by atoms with van der Waals surface area (Å²) in [5, 5.41) is 23.6. The summed E-state index contributed by atoms with van der Waals surface area (Å²) in [6.07, 6.45) is 2.68. The van der Waals surface area contributed by atoms with Crippen LogP contribution in [0.5, 0.6) is 11.5 Å². The zero-order valence-corrected chi connectivity index (χ0v) is 14.5. The monoisotopic (exact) mass is 363 g/mol. The lowest BCUT2D eigenvalue weighted by molar-refractivity contribution is -0.123. The van der Waals surface area contributed by atoms with Gasteiger partial charge in [-0.3, -0.25) is 9.78 Å². The van der Waals surface area contributed by atoms with Crippen molar-refractivity contribution in [3.63, 3.8) is 0 Å². The summed E-state index contributed by atoms with van der Waals surface area (Å²) in [6, 6.07) is 5.08. The predicted octanol–water partition coefficient (Wildman–Crippen LogP) is 2.08. The number of benzene rings is 1. The van der Waals surface area contributed by atoms with E-state index in [0.717, 1.165) is 5.56 Å². The molecule has 7 nitrogen and oxygen atoms in total. The number of amides is 1. The predicted molar refractivity (Wildman–Crippen MR) is 94.0 cm³/mol. The molecular formula is C17H18ClN3O4. The highest BCUT2D eigenvalue weighted by molar-refractivity contribution is 6.31. The second kappa shape index (κ2) is 8.46. The molecule has 2 rings (SSSR count). The number of aliphatic hydroxyl groups excluding tert-OH is 1. The third-order valence-corrected chi connectivity index (χ3v) is 3.83. The number of ether oxygens (including phenoxy) is 1. The van der Waals surface area contributed by atoms with E-state index in [1.807, 2.05) is 6.92 Å². The second-order valence-corrected chi connectivity index (χ2v) is 5.69. The van der Waals surface area contributed by atoms with Crippen LogP contribution in [0, 0.1) is 13.8 Å². The Balaban J connectivity index is 1.95. The van der Waals surface area contributed by atoms with Crippen molar-refractivity contribution in [1.82, 2.24) is 10.4 Å². The van der Waals surface area contributed by atoms with Gasteiger partial charge in [0.1, 0.15) is 11.5 Å². The number of nitrogens with zero attached hydrogens (tertiary/aromatic N) is 2. The number of aromatic hydroxyl groups is 1. The number of carbonyl (C=O) groups is 1. The molecule has 0 fully saturated rings. The number of carbonyl (C=O) groups excluding carboxylic acids is 1. The number of hydrazone groups is 1. The standard InChI is InChI=1S/C17H18ClN3O4/c1-10-5-13(3-4-15(10)18)25-9-16(23)21-20-7-14-12(8-22)6-19-11(2)17(14)24/h3-7,22,24H,8-9H2,1-2H3,(H,21,23)/b20-7+. The highest BCUT2D eigenvalue weighted by atomic mass is 35.5. The molecule has 1 aromatic carbocycles. The minimum atomic E-state index is -0.473. The van der Waals surface area contributed by atoms with Crippen LogP contribution < -0.4 is 10.2 Å².